The van der Waals surface area contributed by atoms with Crippen molar-refractivity contribution in [2.75, 3.05) is 6.61 Å². The molecule has 0 unspecified atom stereocenters. The summed E-state index contributed by atoms with van der Waals surface area (Å²) >= 11 is 1.33. The normalized spacial score (nSPS) is 15.7. The van der Waals surface area contributed by atoms with E-state index in [1.807, 2.05) is 24.3 Å². The molecule has 2 aromatic rings. The van der Waals surface area contributed by atoms with Gasteiger partial charge in [-0.15, -0.1) is 17.9 Å². The summed E-state index contributed by atoms with van der Waals surface area (Å²) in [5.41, 5.74) is -1.57. The molecule has 1 aromatic heterocycles. The highest BCUT2D eigenvalue weighted by Crippen LogP contribution is 2.42. The van der Waals surface area contributed by atoms with Crippen LogP contribution in [0.2, 0.25) is 0 Å². The van der Waals surface area contributed by atoms with Crippen LogP contribution < -0.4 is 0 Å². The average Bonchev–Trinajstić information content (AvgIpc) is 2.97. The quantitative estimate of drug-likeness (QED) is 0.588. The van der Waals surface area contributed by atoms with Crippen molar-refractivity contribution in [2.45, 2.75) is 31.8 Å². The highest BCUT2D eigenvalue weighted by atomic mass is 32.1. The molecular formula is C18H20F2O3S. The minimum absolute atomic E-state index is 0.125. The zero-order valence-electron chi connectivity index (χ0n) is 13.6. The number of thiophene rings is 1. The Hall–Kier alpha value is -1.79. The maximum Gasteiger partial charge on any atom is 0.376 e. The molecule has 2 atom stereocenters. The summed E-state index contributed by atoms with van der Waals surface area (Å²) in [6, 6.07) is 9.31. The third-order valence-corrected chi connectivity index (χ3v) is 5.32. The predicted octanol–water partition coefficient (Wildman–Crippen LogP) is 4.50. The zero-order chi connectivity index (χ0) is 18.0. The summed E-state index contributed by atoms with van der Waals surface area (Å²) in [5.74, 6) is -6.27. The summed E-state index contributed by atoms with van der Waals surface area (Å²) in [6.07, 6.45) is 0.397. The monoisotopic (exact) mass is 354 g/mol. The first-order chi connectivity index (χ1) is 11.2. The fraction of sp³-hybridized carbons (Fsp3) is 0.389. The van der Waals surface area contributed by atoms with Crippen LogP contribution in [0.1, 0.15) is 25.1 Å². The van der Waals surface area contributed by atoms with Crippen molar-refractivity contribution in [1.29, 1.82) is 0 Å². The number of halogens is 2. The number of esters is 1. The molecule has 2 rings (SSSR count). The molecule has 0 saturated carbocycles. The second-order valence-electron chi connectivity index (χ2n) is 5.77. The van der Waals surface area contributed by atoms with Crippen LogP contribution in [0.4, 0.5) is 8.78 Å². The fourth-order valence-electron chi connectivity index (χ4n) is 2.52. The van der Waals surface area contributed by atoms with Crippen LogP contribution in [0, 0.1) is 5.92 Å². The highest BCUT2D eigenvalue weighted by Gasteiger charge is 2.47. The van der Waals surface area contributed by atoms with E-state index < -0.39 is 29.8 Å². The number of hydrogen-bond donors (Lipinski definition) is 1. The number of fused-ring (bicyclic) bond motifs is 1. The van der Waals surface area contributed by atoms with E-state index in [1.165, 1.54) is 31.3 Å². The maximum absolute atomic E-state index is 14.1. The average molecular weight is 354 g/mol. The minimum Gasteiger partial charge on any atom is -0.462 e. The van der Waals surface area contributed by atoms with Crippen LogP contribution in [0.25, 0.3) is 10.1 Å². The highest BCUT2D eigenvalue weighted by molar-refractivity contribution is 7.19. The first kappa shape index (κ1) is 18.5. The van der Waals surface area contributed by atoms with Crippen LogP contribution in [-0.4, -0.2) is 23.6 Å². The maximum atomic E-state index is 14.1. The van der Waals surface area contributed by atoms with Gasteiger partial charge in [0, 0.05) is 21.9 Å². The van der Waals surface area contributed by atoms with Gasteiger partial charge < -0.3 is 9.84 Å². The SMILES string of the molecule is C=C[C@@H](CC(F)(F)C(=O)OCC)[C@@](C)(O)c1cc2ccccc2s1. The molecule has 0 aliphatic carbocycles. The lowest BCUT2D eigenvalue weighted by atomic mass is 9.83. The van der Waals surface area contributed by atoms with Crippen LogP contribution >= 0.6 is 11.3 Å². The standard InChI is InChI=1S/C18H20F2O3S/c1-4-13(11-18(19,20)16(21)23-5-2)17(3,22)15-10-12-8-6-7-9-14(12)24-15/h4,6-10,13,22H,1,5,11H2,2-3H3/t13-,17+/m0/s1. The molecule has 0 fully saturated rings. The van der Waals surface area contributed by atoms with Crippen molar-refractivity contribution in [1.82, 2.24) is 0 Å². The van der Waals surface area contributed by atoms with Crippen molar-refractivity contribution in [3.63, 3.8) is 0 Å². The third-order valence-electron chi connectivity index (χ3n) is 3.98. The number of carbonyl (C=O) groups excluding carboxylic acids is 1. The van der Waals surface area contributed by atoms with Gasteiger partial charge in [-0.1, -0.05) is 24.3 Å². The lowest BCUT2D eigenvalue weighted by molar-refractivity contribution is -0.175. The number of aliphatic hydroxyl groups is 1. The summed E-state index contributed by atoms with van der Waals surface area (Å²) in [4.78, 5) is 12.0. The largest absolute Gasteiger partial charge is 0.462 e. The number of ether oxygens (including phenoxy) is 1. The Bertz CT molecular complexity index is 704. The molecule has 1 N–H and O–H groups in total. The van der Waals surface area contributed by atoms with Crippen molar-refractivity contribution >= 4 is 27.4 Å². The summed E-state index contributed by atoms with van der Waals surface area (Å²) in [6.45, 7) is 6.36. The predicted molar refractivity (Wildman–Crippen MR) is 91.3 cm³/mol. The number of benzene rings is 1. The topological polar surface area (TPSA) is 46.5 Å². The summed E-state index contributed by atoms with van der Waals surface area (Å²) in [5, 5.41) is 11.8. The lowest BCUT2D eigenvalue weighted by Gasteiger charge is -2.31. The molecule has 24 heavy (non-hydrogen) atoms. The van der Waals surface area contributed by atoms with Crippen LogP contribution in [-0.2, 0) is 15.1 Å². The molecular weight excluding hydrogens is 334 g/mol. The molecule has 1 heterocycles. The van der Waals surface area contributed by atoms with Crippen LogP contribution in [0.15, 0.2) is 43.0 Å². The van der Waals surface area contributed by atoms with Gasteiger partial charge in [-0.2, -0.15) is 8.78 Å². The molecule has 0 radical (unpaired) electrons. The van der Waals surface area contributed by atoms with Gasteiger partial charge in [0.05, 0.1) is 6.61 Å². The number of hydrogen-bond acceptors (Lipinski definition) is 4. The molecule has 0 spiro atoms. The fourth-order valence-corrected chi connectivity index (χ4v) is 3.69. The molecule has 0 amide bonds. The summed E-state index contributed by atoms with van der Waals surface area (Å²) < 4.78 is 33.5. The number of carbonyl (C=O) groups is 1. The third kappa shape index (κ3) is 3.65. The van der Waals surface area contributed by atoms with E-state index in [9.17, 15) is 18.7 Å². The Labute approximate surface area is 143 Å². The first-order valence-electron chi connectivity index (χ1n) is 7.61. The number of rotatable bonds is 7. The molecule has 0 saturated heterocycles. The summed E-state index contributed by atoms with van der Waals surface area (Å²) in [7, 11) is 0. The van der Waals surface area contributed by atoms with E-state index >= 15 is 0 Å². The molecule has 3 nitrogen and oxygen atoms in total. The molecule has 0 aliphatic rings. The Morgan fingerprint density at radius 2 is 2.12 bits per heavy atom. The van der Waals surface area contributed by atoms with Gasteiger partial charge in [0.1, 0.15) is 5.60 Å². The van der Waals surface area contributed by atoms with E-state index in [0.717, 1.165) is 10.1 Å². The molecule has 0 aliphatic heterocycles. The Morgan fingerprint density at radius 1 is 1.46 bits per heavy atom. The first-order valence-corrected chi connectivity index (χ1v) is 8.43. The Morgan fingerprint density at radius 3 is 2.71 bits per heavy atom. The zero-order valence-corrected chi connectivity index (χ0v) is 14.4. The van der Waals surface area contributed by atoms with E-state index in [-0.39, 0.29) is 6.61 Å². The Balaban J connectivity index is 2.30. The van der Waals surface area contributed by atoms with Gasteiger partial charge in [0.15, 0.2) is 0 Å². The van der Waals surface area contributed by atoms with E-state index in [2.05, 4.69) is 11.3 Å². The minimum atomic E-state index is -3.68. The second kappa shape index (κ2) is 6.99. The van der Waals surface area contributed by atoms with Crippen molar-refractivity contribution in [2.24, 2.45) is 5.92 Å². The lowest BCUT2D eigenvalue weighted by Crippen LogP contribution is -2.39. The van der Waals surface area contributed by atoms with Crippen LogP contribution in [0.3, 0.4) is 0 Å². The Kier molecular flexibility index (Phi) is 5.40. The molecule has 130 valence electrons. The van der Waals surface area contributed by atoms with Crippen molar-refractivity contribution in [3.8, 4) is 0 Å². The van der Waals surface area contributed by atoms with E-state index in [4.69, 9.17) is 0 Å². The smallest absolute Gasteiger partial charge is 0.376 e. The second-order valence-corrected chi connectivity index (χ2v) is 6.85. The van der Waals surface area contributed by atoms with E-state index in [1.54, 1.807) is 6.07 Å². The molecule has 6 heteroatoms. The van der Waals surface area contributed by atoms with Gasteiger partial charge in [0.2, 0.25) is 0 Å². The molecule has 1 aromatic carbocycles. The molecule has 0 bridgehead atoms. The van der Waals surface area contributed by atoms with Crippen molar-refractivity contribution < 1.29 is 23.4 Å². The van der Waals surface area contributed by atoms with Crippen molar-refractivity contribution in [3.05, 3.63) is 47.9 Å². The van der Waals surface area contributed by atoms with Gasteiger partial charge in [-0.05, 0) is 31.4 Å². The van der Waals surface area contributed by atoms with Gasteiger partial charge in [0.25, 0.3) is 0 Å². The van der Waals surface area contributed by atoms with E-state index in [0.29, 0.717) is 4.88 Å². The van der Waals surface area contributed by atoms with Gasteiger partial charge >= 0.3 is 11.9 Å². The number of alkyl halides is 2. The van der Waals surface area contributed by atoms with Crippen LogP contribution in [0.5, 0.6) is 0 Å². The van der Waals surface area contributed by atoms with Gasteiger partial charge in [-0.25, -0.2) is 4.79 Å². The van der Waals surface area contributed by atoms with Gasteiger partial charge in [-0.3, -0.25) is 0 Å².